The first-order valence-electron chi connectivity index (χ1n) is 10.1. The van der Waals surface area contributed by atoms with Crippen molar-refractivity contribution >= 4 is 10.0 Å². The lowest BCUT2D eigenvalue weighted by Crippen LogP contribution is -2.42. The Morgan fingerprint density at radius 2 is 1.53 bits per heavy atom. The van der Waals surface area contributed by atoms with Crippen LogP contribution in [0.4, 0.5) is 0 Å². The zero-order valence-corrected chi connectivity index (χ0v) is 19.3. The maximum atomic E-state index is 14.0. The molecule has 1 aromatic heterocycles. The van der Waals surface area contributed by atoms with Crippen molar-refractivity contribution in [2.45, 2.75) is 17.5 Å². The molecule has 2 heterocycles. The van der Waals surface area contributed by atoms with Gasteiger partial charge in [0.1, 0.15) is 16.4 Å². The molecule has 0 N–H and O–H groups in total. The van der Waals surface area contributed by atoms with Crippen LogP contribution < -0.4 is 18.9 Å². The largest absolute Gasteiger partial charge is 0.497 e. The minimum Gasteiger partial charge on any atom is -0.497 e. The van der Waals surface area contributed by atoms with Gasteiger partial charge in [-0.1, -0.05) is 6.07 Å². The second-order valence-corrected chi connectivity index (χ2v) is 9.13. The smallest absolute Gasteiger partial charge is 0.247 e. The molecular weight excluding hydrogens is 432 g/mol. The predicted octanol–water partition coefficient (Wildman–Crippen LogP) is 3.32. The molecule has 170 valence electrons. The number of sulfonamides is 1. The Balaban J connectivity index is 1.88. The van der Waals surface area contributed by atoms with E-state index >= 15 is 0 Å². The molecule has 0 fully saturated rings. The molecule has 8 nitrogen and oxygen atoms in total. The highest BCUT2D eigenvalue weighted by Gasteiger charge is 2.39. The average Bonchev–Trinajstić information content (AvgIpc) is 3.31. The Hall–Kier alpha value is -3.17. The van der Waals surface area contributed by atoms with Gasteiger partial charge >= 0.3 is 0 Å². The fraction of sp³-hybridized carbons (Fsp3) is 0.304. The van der Waals surface area contributed by atoms with Gasteiger partial charge in [0.25, 0.3) is 0 Å². The van der Waals surface area contributed by atoms with Gasteiger partial charge in [-0.3, -0.25) is 0 Å². The lowest BCUT2D eigenvalue weighted by molar-refractivity contribution is 0.294. The number of nitrogens with zero attached hydrogens (tertiary/aromatic N) is 2. The number of hydrogen-bond acceptors (Lipinski definition) is 6. The molecule has 0 saturated carbocycles. The fourth-order valence-corrected chi connectivity index (χ4v) is 5.85. The van der Waals surface area contributed by atoms with Crippen molar-refractivity contribution in [2.75, 3.05) is 35.0 Å². The van der Waals surface area contributed by atoms with Crippen molar-refractivity contribution in [3.8, 4) is 23.0 Å². The lowest BCUT2D eigenvalue weighted by Gasteiger charge is -2.36. The van der Waals surface area contributed by atoms with Crippen molar-refractivity contribution < 1.29 is 27.4 Å². The zero-order valence-electron chi connectivity index (χ0n) is 18.4. The van der Waals surface area contributed by atoms with E-state index < -0.39 is 16.1 Å². The Bertz CT molecular complexity index is 1220. The number of benzene rings is 2. The molecule has 4 rings (SSSR count). The van der Waals surface area contributed by atoms with E-state index in [9.17, 15) is 8.42 Å². The van der Waals surface area contributed by atoms with Gasteiger partial charge in [0.15, 0.2) is 11.5 Å². The van der Waals surface area contributed by atoms with Crippen molar-refractivity contribution in [3.05, 3.63) is 66.0 Å². The van der Waals surface area contributed by atoms with Gasteiger partial charge in [0.05, 0.1) is 34.5 Å². The van der Waals surface area contributed by atoms with E-state index in [1.807, 2.05) is 30.5 Å². The molecule has 1 atom stereocenters. The van der Waals surface area contributed by atoms with Crippen LogP contribution in [0, 0.1) is 0 Å². The topological polar surface area (TPSA) is 79.2 Å². The highest BCUT2D eigenvalue weighted by atomic mass is 32.2. The van der Waals surface area contributed by atoms with Crippen LogP contribution in [0.15, 0.2) is 59.6 Å². The summed E-state index contributed by atoms with van der Waals surface area (Å²) in [6.45, 7) is 0.834. The van der Waals surface area contributed by atoms with E-state index in [0.29, 0.717) is 30.3 Å². The summed E-state index contributed by atoms with van der Waals surface area (Å²) in [6, 6.07) is 13.5. The Morgan fingerprint density at radius 1 is 0.812 bits per heavy atom. The molecule has 1 aliphatic rings. The maximum Gasteiger partial charge on any atom is 0.247 e. The minimum atomic E-state index is -3.95. The van der Waals surface area contributed by atoms with Crippen LogP contribution in [0.2, 0.25) is 0 Å². The SMILES string of the molecule is COc1ccc(OC)c(S(=O)(=O)N2CCn3cccc3[C@@H]2c2ccc(OC)c(OC)c2)c1. The quantitative estimate of drug-likeness (QED) is 0.541. The minimum absolute atomic E-state index is 0.0600. The first-order chi connectivity index (χ1) is 15.4. The molecule has 0 bridgehead atoms. The summed E-state index contributed by atoms with van der Waals surface area (Å²) < 4.78 is 53.0. The van der Waals surface area contributed by atoms with Crippen molar-refractivity contribution in [3.63, 3.8) is 0 Å². The third-order valence-electron chi connectivity index (χ3n) is 5.67. The molecule has 0 saturated heterocycles. The first kappa shape index (κ1) is 22.0. The van der Waals surface area contributed by atoms with Crippen LogP contribution in [0.3, 0.4) is 0 Å². The van der Waals surface area contributed by atoms with E-state index in [2.05, 4.69) is 4.57 Å². The maximum absolute atomic E-state index is 14.0. The number of rotatable bonds is 7. The molecule has 0 unspecified atom stereocenters. The Morgan fingerprint density at radius 3 is 2.22 bits per heavy atom. The van der Waals surface area contributed by atoms with E-state index in [1.54, 1.807) is 32.4 Å². The molecule has 1 aliphatic heterocycles. The molecule has 0 aliphatic carbocycles. The highest BCUT2D eigenvalue weighted by molar-refractivity contribution is 7.89. The molecule has 32 heavy (non-hydrogen) atoms. The fourth-order valence-electron chi connectivity index (χ4n) is 4.09. The lowest BCUT2D eigenvalue weighted by atomic mass is 10.0. The van der Waals surface area contributed by atoms with E-state index in [1.165, 1.54) is 24.6 Å². The molecule has 9 heteroatoms. The van der Waals surface area contributed by atoms with Gasteiger partial charge in [0, 0.05) is 31.0 Å². The summed E-state index contributed by atoms with van der Waals surface area (Å²) in [6.07, 6.45) is 1.96. The zero-order chi connectivity index (χ0) is 22.9. The predicted molar refractivity (Wildman–Crippen MR) is 119 cm³/mol. The van der Waals surface area contributed by atoms with Crippen LogP contribution in [-0.2, 0) is 16.6 Å². The number of ether oxygens (including phenoxy) is 4. The van der Waals surface area contributed by atoms with Crippen molar-refractivity contribution in [1.82, 2.24) is 8.87 Å². The second-order valence-electron chi connectivity index (χ2n) is 7.28. The summed E-state index contributed by atoms with van der Waals surface area (Å²) in [7, 11) is 2.12. The van der Waals surface area contributed by atoms with Crippen LogP contribution >= 0.6 is 0 Å². The number of methoxy groups -OCH3 is 4. The van der Waals surface area contributed by atoms with Crippen LogP contribution in [0.5, 0.6) is 23.0 Å². The van der Waals surface area contributed by atoms with Gasteiger partial charge in [-0.15, -0.1) is 0 Å². The molecule has 0 amide bonds. The first-order valence-corrected chi connectivity index (χ1v) is 11.5. The summed E-state index contributed by atoms with van der Waals surface area (Å²) in [5.41, 5.74) is 1.64. The van der Waals surface area contributed by atoms with Gasteiger partial charge < -0.3 is 23.5 Å². The molecule has 2 aromatic carbocycles. The molecular formula is C23H26N2O6S. The Labute approximate surface area is 187 Å². The number of aromatic nitrogens is 1. The summed E-state index contributed by atoms with van der Waals surface area (Å²) in [4.78, 5) is 0.0600. The van der Waals surface area contributed by atoms with Gasteiger partial charge in [-0.2, -0.15) is 4.31 Å². The van der Waals surface area contributed by atoms with Gasteiger partial charge in [-0.05, 0) is 42.0 Å². The molecule has 0 radical (unpaired) electrons. The summed E-state index contributed by atoms with van der Waals surface area (Å²) in [5.74, 6) is 1.81. The third-order valence-corrected chi connectivity index (χ3v) is 7.56. The van der Waals surface area contributed by atoms with Gasteiger partial charge in [-0.25, -0.2) is 8.42 Å². The van der Waals surface area contributed by atoms with E-state index in [4.69, 9.17) is 18.9 Å². The summed E-state index contributed by atoms with van der Waals surface area (Å²) >= 11 is 0. The number of hydrogen-bond donors (Lipinski definition) is 0. The third kappa shape index (κ3) is 3.67. The molecule has 0 spiro atoms. The normalized spacial score (nSPS) is 16.3. The average molecular weight is 459 g/mol. The van der Waals surface area contributed by atoms with Crippen LogP contribution in [0.1, 0.15) is 17.3 Å². The molecule has 3 aromatic rings. The Kier molecular flexibility index (Phi) is 6.03. The van der Waals surface area contributed by atoms with Crippen LogP contribution in [-0.4, -0.2) is 52.3 Å². The van der Waals surface area contributed by atoms with Crippen molar-refractivity contribution in [2.24, 2.45) is 0 Å². The monoisotopic (exact) mass is 458 g/mol. The van der Waals surface area contributed by atoms with Crippen molar-refractivity contribution in [1.29, 1.82) is 0 Å². The second kappa shape index (κ2) is 8.76. The highest BCUT2D eigenvalue weighted by Crippen LogP contribution is 2.41. The van der Waals surface area contributed by atoms with Crippen LogP contribution in [0.25, 0.3) is 0 Å². The van der Waals surface area contributed by atoms with E-state index in [-0.39, 0.29) is 10.6 Å². The van der Waals surface area contributed by atoms with Gasteiger partial charge in [0.2, 0.25) is 10.0 Å². The summed E-state index contributed by atoms with van der Waals surface area (Å²) in [5, 5.41) is 0. The number of fused-ring (bicyclic) bond motifs is 1. The standard InChI is InChI=1S/C23H26N2O6S/c1-28-17-8-10-20(30-3)22(15-17)32(26,27)25-13-12-24-11-5-6-18(24)23(25)16-7-9-19(29-2)21(14-16)31-4/h5-11,14-15,23H,12-13H2,1-4H3/t23-/m0/s1. The van der Waals surface area contributed by atoms with E-state index in [0.717, 1.165) is 11.3 Å².